The number of nitrogens with two attached hydrogens (primary N) is 1. The number of carbonyl (C=O) groups is 1. The lowest BCUT2D eigenvalue weighted by Gasteiger charge is -2.64. The second kappa shape index (κ2) is 10.5. The van der Waals surface area contributed by atoms with E-state index in [-0.39, 0.29) is 5.91 Å². The molecule has 0 aromatic heterocycles. The Hall–Kier alpha value is -2.28. The van der Waals surface area contributed by atoms with Gasteiger partial charge >= 0.3 is 0 Å². The molecule has 1 unspecified atom stereocenters. The van der Waals surface area contributed by atoms with Crippen LogP contribution in [0.5, 0.6) is 0 Å². The molecule has 40 heavy (non-hydrogen) atoms. The Morgan fingerprint density at radius 2 is 1.90 bits per heavy atom. The molecule has 6 nitrogen and oxygen atoms in total. The Labute approximate surface area is 248 Å². The molecule has 5 aliphatic rings. The van der Waals surface area contributed by atoms with Crippen molar-refractivity contribution in [2.45, 2.75) is 65.6 Å². The van der Waals surface area contributed by atoms with E-state index < -0.39 is 0 Å². The summed E-state index contributed by atoms with van der Waals surface area (Å²) in [5.74, 6) is 3.08. The summed E-state index contributed by atoms with van der Waals surface area (Å²) in [4.78, 5) is 24.6. The minimum absolute atomic E-state index is 0.0477. The first kappa shape index (κ1) is 27.9. The summed E-state index contributed by atoms with van der Waals surface area (Å²) in [7, 11) is 0. The number of guanidine groups is 1. The molecule has 3 aliphatic carbocycles. The van der Waals surface area contributed by atoms with Crippen LogP contribution in [0.25, 0.3) is 0 Å². The highest BCUT2D eigenvalue weighted by Gasteiger charge is 2.57. The summed E-state index contributed by atoms with van der Waals surface area (Å²) >= 11 is 12.4. The van der Waals surface area contributed by atoms with Gasteiger partial charge in [-0.3, -0.25) is 9.69 Å². The molecule has 7 rings (SSSR count). The lowest BCUT2D eigenvalue weighted by Crippen LogP contribution is -2.65. The topological polar surface area (TPSA) is 65.2 Å². The van der Waals surface area contributed by atoms with Crippen molar-refractivity contribution in [3.63, 3.8) is 0 Å². The van der Waals surface area contributed by atoms with Crippen LogP contribution in [-0.2, 0) is 13.0 Å². The predicted molar refractivity (Wildman–Crippen MR) is 163 cm³/mol. The van der Waals surface area contributed by atoms with E-state index in [0.29, 0.717) is 53.0 Å². The van der Waals surface area contributed by atoms with Gasteiger partial charge in [-0.1, -0.05) is 50.0 Å². The fourth-order valence-electron chi connectivity index (χ4n) is 8.03. The molecule has 8 heteroatoms. The van der Waals surface area contributed by atoms with Gasteiger partial charge in [0.2, 0.25) is 0 Å². The average molecular weight is 583 g/mol. The van der Waals surface area contributed by atoms with Gasteiger partial charge in [-0.25, -0.2) is 4.99 Å². The van der Waals surface area contributed by atoms with Crippen LogP contribution in [0.2, 0.25) is 10.0 Å². The maximum absolute atomic E-state index is 13.0. The smallest absolute Gasteiger partial charge is 0.254 e. The molecule has 2 aromatic carbocycles. The predicted octanol–water partition coefficient (Wildman–Crippen LogP) is 6.21. The largest absolute Gasteiger partial charge is 0.369 e. The van der Waals surface area contributed by atoms with Gasteiger partial charge in [0.15, 0.2) is 5.96 Å². The van der Waals surface area contributed by atoms with E-state index in [1.165, 1.54) is 12.8 Å². The first-order chi connectivity index (χ1) is 19.0. The number of nitrogens with zero attached hydrogens (tertiary/aromatic N) is 4. The van der Waals surface area contributed by atoms with Crippen LogP contribution in [0, 0.1) is 23.2 Å². The number of hydrogen-bond donors (Lipinski definition) is 1. The molecule has 0 radical (unpaired) electrons. The molecule has 2 heterocycles. The third-order valence-electron chi connectivity index (χ3n) is 10.6. The molecule has 214 valence electrons. The van der Waals surface area contributed by atoms with E-state index in [2.05, 4.69) is 37.5 Å². The lowest BCUT2D eigenvalue weighted by atomic mass is 9.44. The van der Waals surface area contributed by atoms with Gasteiger partial charge in [0.1, 0.15) is 0 Å². The minimum atomic E-state index is 0.0477. The van der Waals surface area contributed by atoms with Crippen LogP contribution in [0.3, 0.4) is 0 Å². The van der Waals surface area contributed by atoms with Crippen molar-refractivity contribution in [2.24, 2.45) is 33.9 Å². The molecule has 1 amide bonds. The summed E-state index contributed by atoms with van der Waals surface area (Å²) in [5.41, 5.74) is 10.6. The zero-order chi connectivity index (χ0) is 28.3. The summed E-state index contributed by atoms with van der Waals surface area (Å²) in [6.07, 6.45) is 3.42. The molecular formula is C32H41Cl2N5O. The number of benzene rings is 2. The SMILES string of the molecule is C[C@H]1[C@H](N2CCN(C(N)=Nc3ccc4c(c3)CN(CCc3ccc(Cl)cc3Cl)C4=O)C[C@@H]2C)CC2C[C@@H]1C2(C)C. The molecule has 0 spiro atoms. The zero-order valence-electron chi connectivity index (χ0n) is 24.0. The number of hydrogen-bond acceptors (Lipinski definition) is 3. The highest BCUT2D eigenvalue weighted by Crippen LogP contribution is 2.62. The molecule has 3 saturated carbocycles. The van der Waals surface area contributed by atoms with Gasteiger partial charge in [-0.15, -0.1) is 0 Å². The van der Waals surface area contributed by atoms with Crippen molar-refractivity contribution in [1.29, 1.82) is 0 Å². The Morgan fingerprint density at radius 3 is 2.60 bits per heavy atom. The third-order valence-corrected chi connectivity index (χ3v) is 11.2. The van der Waals surface area contributed by atoms with E-state index in [1.807, 2.05) is 35.2 Å². The molecule has 1 saturated heterocycles. The van der Waals surface area contributed by atoms with Crippen LogP contribution >= 0.6 is 23.2 Å². The van der Waals surface area contributed by atoms with E-state index in [0.717, 1.165) is 59.8 Å². The lowest BCUT2D eigenvalue weighted by molar-refractivity contribution is -0.147. The van der Waals surface area contributed by atoms with Gasteiger partial charge < -0.3 is 15.5 Å². The maximum atomic E-state index is 13.0. The number of amides is 1. The van der Waals surface area contributed by atoms with Gasteiger partial charge in [0, 0.05) is 60.4 Å². The van der Waals surface area contributed by atoms with Crippen LogP contribution in [-0.4, -0.2) is 64.8 Å². The molecule has 2 N–H and O–H groups in total. The average Bonchev–Trinajstić information content (AvgIpc) is 3.22. The van der Waals surface area contributed by atoms with Gasteiger partial charge in [0.05, 0.1) is 5.69 Å². The van der Waals surface area contributed by atoms with Crippen molar-refractivity contribution in [3.8, 4) is 0 Å². The number of carbonyl (C=O) groups excluding carboxylic acids is 1. The monoisotopic (exact) mass is 581 g/mol. The van der Waals surface area contributed by atoms with Crippen LogP contribution < -0.4 is 5.73 Å². The molecule has 5 atom stereocenters. The van der Waals surface area contributed by atoms with Gasteiger partial charge in [-0.2, -0.15) is 0 Å². The Morgan fingerprint density at radius 1 is 1.10 bits per heavy atom. The number of fused-ring (bicyclic) bond motifs is 3. The first-order valence-corrected chi connectivity index (χ1v) is 15.5. The van der Waals surface area contributed by atoms with Crippen molar-refractivity contribution < 1.29 is 4.79 Å². The molecule has 2 aromatic rings. The molecule has 2 bridgehead atoms. The van der Waals surface area contributed by atoms with E-state index in [9.17, 15) is 4.79 Å². The van der Waals surface area contributed by atoms with E-state index in [4.69, 9.17) is 33.9 Å². The summed E-state index contributed by atoms with van der Waals surface area (Å²) < 4.78 is 0. The standard InChI is InChI=1S/C32H41Cl2N5O/c1-19-17-38(11-12-39(19)29-15-23-14-27(20(29)2)32(23,3)4)31(35)36-25-7-8-26-22(13-25)18-37(30(26)40)10-9-21-5-6-24(33)16-28(21)34/h5-8,13,16,19-20,23,27,29H,9-12,14-15,17-18H2,1-4H3,(H2,35,36)/t19-,20+,23?,27-,29+/m0/s1. The van der Waals surface area contributed by atoms with Crippen LogP contribution in [0.1, 0.15) is 62.0 Å². The minimum Gasteiger partial charge on any atom is -0.369 e. The maximum Gasteiger partial charge on any atom is 0.254 e. The van der Waals surface area contributed by atoms with Crippen molar-refractivity contribution in [1.82, 2.24) is 14.7 Å². The first-order valence-electron chi connectivity index (χ1n) is 14.7. The number of piperazine rings is 1. The van der Waals surface area contributed by atoms with Gasteiger partial charge in [-0.05, 0) is 90.8 Å². The fourth-order valence-corrected chi connectivity index (χ4v) is 8.54. The Kier molecular flexibility index (Phi) is 7.33. The van der Waals surface area contributed by atoms with Crippen molar-refractivity contribution in [3.05, 3.63) is 63.1 Å². The molecular weight excluding hydrogens is 541 g/mol. The van der Waals surface area contributed by atoms with E-state index in [1.54, 1.807) is 6.07 Å². The highest BCUT2D eigenvalue weighted by atomic mass is 35.5. The van der Waals surface area contributed by atoms with Crippen molar-refractivity contribution in [2.75, 3.05) is 26.2 Å². The molecule has 4 fully saturated rings. The second-order valence-electron chi connectivity index (χ2n) is 13.1. The van der Waals surface area contributed by atoms with Crippen molar-refractivity contribution >= 4 is 40.8 Å². The second-order valence-corrected chi connectivity index (χ2v) is 13.9. The molecule has 2 aliphatic heterocycles. The normalized spacial score (nSPS) is 29.9. The summed E-state index contributed by atoms with van der Waals surface area (Å²) in [5, 5.41) is 1.24. The van der Waals surface area contributed by atoms with Gasteiger partial charge in [0.25, 0.3) is 5.91 Å². The number of halogens is 2. The highest BCUT2D eigenvalue weighted by molar-refractivity contribution is 6.35. The fraction of sp³-hybridized carbons (Fsp3) is 0.562. The number of rotatable bonds is 5. The Bertz CT molecular complexity index is 1340. The quantitative estimate of drug-likeness (QED) is 0.336. The number of aliphatic imine (C=N–C) groups is 1. The summed E-state index contributed by atoms with van der Waals surface area (Å²) in [6.45, 7) is 13.7. The van der Waals surface area contributed by atoms with Crippen LogP contribution in [0.4, 0.5) is 5.69 Å². The van der Waals surface area contributed by atoms with Crippen LogP contribution in [0.15, 0.2) is 41.4 Å². The van der Waals surface area contributed by atoms with E-state index >= 15 is 0 Å². The summed E-state index contributed by atoms with van der Waals surface area (Å²) in [6, 6.07) is 12.4. The third kappa shape index (κ3) is 4.90. The Balaban J connectivity index is 1.07. The zero-order valence-corrected chi connectivity index (χ0v) is 25.5.